The lowest BCUT2D eigenvalue weighted by molar-refractivity contribution is -0.142. The summed E-state index contributed by atoms with van der Waals surface area (Å²) >= 11 is -0.291. The lowest BCUT2D eigenvalue weighted by Crippen LogP contribution is -2.48. The summed E-state index contributed by atoms with van der Waals surface area (Å²) in [6, 6.07) is 6.56. The number of carbonyl (C=O) groups excluding carboxylic acids is 2. The Kier molecular flexibility index (Phi) is 6.04. The van der Waals surface area contributed by atoms with Crippen LogP contribution in [0.1, 0.15) is 24.2 Å². The SMILES string of the molecule is CC(=O)OCC(C)(C#N)NC(=O)c1ccc(SC(F)(F)F)cc1. The van der Waals surface area contributed by atoms with Crippen LogP contribution >= 0.6 is 11.8 Å². The van der Waals surface area contributed by atoms with E-state index in [4.69, 9.17) is 10.00 Å². The molecule has 1 aromatic carbocycles. The number of halogens is 3. The highest BCUT2D eigenvalue weighted by Gasteiger charge is 2.30. The number of esters is 1. The number of nitrogens with one attached hydrogen (secondary N) is 1. The number of nitrogens with zero attached hydrogens (tertiary/aromatic N) is 1. The third kappa shape index (κ3) is 6.61. The van der Waals surface area contributed by atoms with Gasteiger partial charge in [0.15, 0.2) is 5.54 Å². The molecule has 23 heavy (non-hydrogen) atoms. The zero-order valence-corrected chi connectivity index (χ0v) is 13.0. The molecule has 0 aliphatic heterocycles. The molecule has 0 saturated carbocycles. The van der Waals surface area contributed by atoms with Gasteiger partial charge in [-0.15, -0.1) is 0 Å². The average Bonchev–Trinajstić information content (AvgIpc) is 2.44. The molecule has 0 saturated heterocycles. The van der Waals surface area contributed by atoms with Crippen LogP contribution in [0.5, 0.6) is 0 Å². The molecule has 0 radical (unpaired) electrons. The normalized spacial score (nSPS) is 13.6. The molecule has 9 heteroatoms. The molecule has 1 amide bonds. The first kappa shape index (κ1) is 18.8. The highest BCUT2D eigenvalue weighted by atomic mass is 32.2. The van der Waals surface area contributed by atoms with Crippen LogP contribution in [-0.2, 0) is 9.53 Å². The van der Waals surface area contributed by atoms with Crippen LogP contribution in [0.25, 0.3) is 0 Å². The monoisotopic (exact) mass is 346 g/mol. The summed E-state index contributed by atoms with van der Waals surface area (Å²) in [5, 5.41) is 11.5. The Labute approximate surface area is 134 Å². The van der Waals surface area contributed by atoms with Crippen molar-refractivity contribution >= 4 is 23.6 Å². The molecule has 0 aromatic heterocycles. The van der Waals surface area contributed by atoms with Crippen molar-refractivity contribution in [1.29, 1.82) is 5.26 Å². The highest BCUT2D eigenvalue weighted by Crippen LogP contribution is 2.36. The molecule has 0 bridgehead atoms. The minimum absolute atomic E-state index is 0.0583. The largest absolute Gasteiger partial charge is 0.462 e. The van der Waals surface area contributed by atoms with Crippen LogP contribution in [0.2, 0.25) is 0 Å². The van der Waals surface area contributed by atoms with E-state index in [1.54, 1.807) is 0 Å². The number of ether oxygens (including phenoxy) is 1. The maximum absolute atomic E-state index is 12.2. The molecule has 0 spiro atoms. The van der Waals surface area contributed by atoms with Gasteiger partial charge in [-0.05, 0) is 43.0 Å². The van der Waals surface area contributed by atoms with Crippen LogP contribution in [0.15, 0.2) is 29.2 Å². The van der Waals surface area contributed by atoms with Gasteiger partial charge in [-0.1, -0.05) is 0 Å². The van der Waals surface area contributed by atoms with Gasteiger partial charge in [0.05, 0.1) is 6.07 Å². The number of rotatable bonds is 5. The fourth-order valence-corrected chi connectivity index (χ4v) is 2.01. The number of benzene rings is 1. The number of nitriles is 1. The molecular weight excluding hydrogens is 333 g/mol. The molecule has 0 fully saturated rings. The van der Waals surface area contributed by atoms with E-state index in [0.717, 1.165) is 19.1 Å². The van der Waals surface area contributed by atoms with Crippen molar-refractivity contribution in [3.63, 3.8) is 0 Å². The first-order valence-corrected chi connectivity index (χ1v) is 7.09. The Morgan fingerprint density at radius 1 is 1.30 bits per heavy atom. The van der Waals surface area contributed by atoms with Gasteiger partial charge >= 0.3 is 11.5 Å². The van der Waals surface area contributed by atoms with E-state index in [-0.39, 0.29) is 28.8 Å². The summed E-state index contributed by atoms with van der Waals surface area (Å²) in [6.07, 6.45) is 0. The number of thioether (sulfide) groups is 1. The molecule has 1 rings (SSSR count). The van der Waals surface area contributed by atoms with Crippen molar-refractivity contribution in [1.82, 2.24) is 5.32 Å². The zero-order chi connectivity index (χ0) is 17.7. The summed E-state index contributed by atoms with van der Waals surface area (Å²) in [5.74, 6) is -1.26. The van der Waals surface area contributed by atoms with E-state index in [1.165, 1.54) is 19.1 Å². The van der Waals surface area contributed by atoms with Gasteiger partial charge in [-0.25, -0.2) is 0 Å². The van der Waals surface area contributed by atoms with E-state index >= 15 is 0 Å². The molecule has 0 aliphatic carbocycles. The molecule has 1 aromatic rings. The summed E-state index contributed by atoms with van der Waals surface area (Å²) in [5.41, 5.74) is -5.77. The van der Waals surface area contributed by atoms with Gasteiger partial charge in [0.25, 0.3) is 5.91 Å². The minimum atomic E-state index is -4.41. The van der Waals surface area contributed by atoms with Gasteiger partial charge in [0.1, 0.15) is 6.61 Å². The van der Waals surface area contributed by atoms with Gasteiger partial charge in [-0.3, -0.25) is 9.59 Å². The van der Waals surface area contributed by atoms with E-state index in [0.29, 0.717) is 0 Å². The molecule has 5 nitrogen and oxygen atoms in total. The predicted molar refractivity (Wildman–Crippen MR) is 76.5 cm³/mol. The fourth-order valence-electron chi connectivity index (χ4n) is 1.47. The molecule has 0 heterocycles. The lowest BCUT2D eigenvalue weighted by Gasteiger charge is -2.22. The standard InChI is InChI=1S/C14H13F3N2O3S/c1-9(20)22-8-13(2,7-18)19-12(21)10-3-5-11(6-4-10)23-14(15,16)17/h3-6H,8H2,1-2H3,(H,19,21). The number of amides is 1. The van der Waals surface area contributed by atoms with Crippen LogP contribution < -0.4 is 5.32 Å². The Bertz CT molecular complexity index is 626. The van der Waals surface area contributed by atoms with Crippen molar-refractivity contribution in [2.75, 3.05) is 6.61 Å². The minimum Gasteiger partial charge on any atom is -0.462 e. The highest BCUT2D eigenvalue weighted by molar-refractivity contribution is 8.00. The second-order valence-electron chi connectivity index (χ2n) is 4.75. The maximum atomic E-state index is 12.2. The Morgan fingerprint density at radius 2 is 1.87 bits per heavy atom. The first-order valence-electron chi connectivity index (χ1n) is 6.27. The summed E-state index contributed by atoms with van der Waals surface area (Å²) < 4.78 is 41.4. The fraction of sp³-hybridized carbons (Fsp3) is 0.357. The van der Waals surface area contributed by atoms with E-state index in [2.05, 4.69) is 5.32 Å². The smallest absolute Gasteiger partial charge is 0.446 e. The molecule has 1 unspecified atom stereocenters. The molecule has 1 atom stereocenters. The van der Waals surface area contributed by atoms with Crippen LogP contribution in [0, 0.1) is 11.3 Å². The molecule has 124 valence electrons. The van der Waals surface area contributed by atoms with E-state index in [1.807, 2.05) is 6.07 Å². The Balaban J connectivity index is 2.77. The summed E-state index contributed by atoms with van der Waals surface area (Å²) in [4.78, 5) is 22.7. The second-order valence-corrected chi connectivity index (χ2v) is 5.89. The number of alkyl halides is 3. The van der Waals surface area contributed by atoms with Gasteiger partial charge < -0.3 is 10.1 Å². The topological polar surface area (TPSA) is 79.2 Å². The molecule has 1 N–H and O–H groups in total. The zero-order valence-electron chi connectivity index (χ0n) is 12.2. The van der Waals surface area contributed by atoms with Crippen molar-refractivity contribution in [3.8, 4) is 6.07 Å². The Morgan fingerprint density at radius 3 is 2.30 bits per heavy atom. The third-order valence-corrected chi connectivity index (χ3v) is 3.29. The number of carbonyl (C=O) groups is 2. The van der Waals surface area contributed by atoms with Gasteiger partial charge in [-0.2, -0.15) is 18.4 Å². The quantitative estimate of drug-likeness (QED) is 0.655. The average molecular weight is 346 g/mol. The van der Waals surface area contributed by atoms with Crippen LogP contribution in [0.4, 0.5) is 13.2 Å². The maximum Gasteiger partial charge on any atom is 0.446 e. The van der Waals surface area contributed by atoms with E-state index < -0.39 is 22.9 Å². The number of hydrogen-bond donors (Lipinski definition) is 1. The van der Waals surface area contributed by atoms with Crippen molar-refractivity contribution in [2.24, 2.45) is 0 Å². The molecular formula is C14H13F3N2O3S. The number of hydrogen-bond acceptors (Lipinski definition) is 5. The third-order valence-electron chi connectivity index (χ3n) is 2.55. The summed E-state index contributed by atoms with van der Waals surface area (Å²) in [6.45, 7) is 2.19. The van der Waals surface area contributed by atoms with Gasteiger partial charge in [0.2, 0.25) is 0 Å². The molecule has 0 aliphatic rings. The summed E-state index contributed by atoms with van der Waals surface area (Å²) in [7, 11) is 0. The van der Waals surface area contributed by atoms with Crippen LogP contribution in [0.3, 0.4) is 0 Å². The Hall–Kier alpha value is -2.21. The van der Waals surface area contributed by atoms with Gasteiger partial charge in [0, 0.05) is 17.4 Å². The van der Waals surface area contributed by atoms with Crippen molar-refractivity contribution in [3.05, 3.63) is 29.8 Å². The first-order chi connectivity index (χ1) is 10.5. The van der Waals surface area contributed by atoms with Crippen molar-refractivity contribution in [2.45, 2.75) is 29.8 Å². The lowest BCUT2D eigenvalue weighted by atomic mass is 10.1. The van der Waals surface area contributed by atoms with Crippen molar-refractivity contribution < 1.29 is 27.5 Å². The van der Waals surface area contributed by atoms with E-state index in [9.17, 15) is 22.8 Å². The van der Waals surface area contributed by atoms with Crippen LogP contribution in [-0.4, -0.2) is 29.5 Å². The predicted octanol–water partition coefficient (Wildman–Crippen LogP) is 2.87. The second kappa shape index (κ2) is 7.37.